The van der Waals surface area contributed by atoms with E-state index in [0.717, 1.165) is 5.69 Å². The molecule has 0 fully saturated rings. The quantitative estimate of drug-likeness (QED) is 0.637. The van der Waals surface area contributed by atoms with Crippen molar-refractivity contribution in [2.24, 2.45) is 0 Å². The van der Waals surface area contributed by atoms with E-state index in [4.69, 9.17) is 11.6 Å². The monoisotopic (exact) mass is 297 g/mol. The minimum absolute atomic E-state index is 0.0973. The highest BCUT2D eigenvalue weighted by atomic mass is 35.5. The molecule has 3 heteroatoms. The van der Waals surface area contributed by atoms with Gasteiger partial charge in [-0.2, -0.15) is 0 Å². The number of phenols is 1. The second kappa shape index (κ2) is 5.66. The van der Waals surface area contributed by atoms with Crippen LogP contribution >= 0.6 is 11.6 Å². The summed E-state index contributed by atoms with van der Waals surface area (Å²) in [7, 11) is 0. The summed E-state index contributed by atoms with van der Waals surface area (Å²) in [6, 6.07) is 19.9. The third kappa shape index (κ3) is 2.81. The Labute approximate surface area is 129 Å². The molecule has 3 rings (SSSR count). The molecule has 1 unspecified atom stereocenters. The van der Waals surface area contributed by atoms with Crippen molar-refractivity contribution in [3.05, 3.63) is 71.2 Å². The number of anilines is 1. The third-order valence-electron chi connectivity index (χ3n) is 3.62. The lowest BCUT2D eigenvalue weighted by Crippen LogP contribution is -2.07. The Morgan fingerprint density at radius 2 is 1.76 bits per heavy atom. The van der Waals surface area contributed by atoms with Crippen molar-refractivity contribution < 1.29 is 5.11 Å². The lowest BCUT2D eigenvalue weighted by Gasteiger charge is -2.18. The summed E-state index contributed by atoms with van der Waals surface area (Å²) >= 11 is 5.95. The van der Waals surface area contributed by atoms with E-state index in [9.17, 15) is 5.11 Å². The standard InChI is InChI=1S/C18H16ClNO/c1-12(20-14-9-10-18(21)17(19)11-14)15-8-4-6-13-5-2-3-7-16(13)15/h2-12,20-21H,1H3. The van der Waals surface area contributed by atoms with Gasteiger partial charge in [-0.25, -0.2) is 0 Å². The number of hydrogen-bond acceptors (Lipinski definition) is 2. The Kier molecular flexibility index (Phi) is 3.72. The van der Waals surface area contributed by atoms with Gasteiger partial charge in [0.25, 0.3) is 0 Å². The van der Waals surface area contributed by atoms with Crippen molar-refractivity contribution in [2.45, 2.75) is 13.0 Å². The smallest absolute Gasteiger partial charge is 0.134 e. The maximum Gasteiger partial charge on any atom is 0.134 e. The molecule has 0 saturated heterocycles. The zero-order chi connectivity index (χ0) is 14.8. The van der Waals surface area contributed by atoms with Crippen LogP contribution in [0.4, 0.5) is 5.69 Å². The number of rotatable bonds is 3. The zero-order valence-electron chi connectivity index (χ0n) is 11.7. The molecule has 1 atom stereocenters. The van der Waals surface area contributed by atoms with E-state index in [1.54, 1.807) is 12.1 Å². The molecule has 3 aromatic rings. The average Bonchev–Trinajstić information content (AvgIpc) is 2.50. The summed E-state index contributed by atoms with van der Waals surface area (Å²) in [6.07, 6.45) is 0. The van der Waals surface area contributed by atoms with Crippen molar-refractivity contribution in [1.29, 1.82) is 0 Å². The Morgan fingerprint density at radius 3 is 2.57 bits per heavy atom. The van der Waals surface area contributed by atoms with Crippen LogP contribution in [0.5, 0.6) is 5.75 Å². The molecule has 0 aliphatic rings. The molecule has 0 heterocycles. The number of halogens is 1. The van der Waals surface area contributed by atoms with Crippen LogP contribution in [-0.2, 0) is 0 Å². The Balaban J connectivity index is 1.93. The predicted molar refractivity (Wildman–Crippen MR) is 89.1 cm³/mol. The second-order valence-electron chi connectivity index (χ2n) is 5.10. The van der Waals surface area contributed by atoms with E-state index in [0.29, 0.717) is 5.02 Å². The molecule has 3 aromatic carbocycles. The lowest BCUT2D eigenvalue weighted by molar-refractivity contribution is 0.475. The van der Waals surface area contributed by atoms with Crippen molar-refractivity contribution in [1.82, 2.24) is 0 Å². The Bertz CT molecular complexity index is 780. The van der Waals surface area contributed by atoms with Crippen LogP contribution in [0.1, 0.15) is 18.5 Å². The van der Waals surface area contributed by atoms with Crippen molar-refractivity contribution >= 4 is 28.1 Å². The summed E-state index contributed by atoms with van der Waals surface area (Å²) in [4.78, 5) is 0. The second-order valence-corrected chi connectivity index (χ2v) is 5.51. The van der Waals surface area contributed by atoms with E-state index in [1.807, 2.05) is 12.1 Å². The minimum atomic E-state index is 0.0973. The third-order valence-corrected chi connectivity index (χ3v) is 3.92. The van der Waals surface area contributed by atoms with Crippen LogP contribution in [0.2, 0.25) is 5.02 Å². The fraction of sp³-hybridized carbons (Fsp3) is 0.111. The van der Waals surface area contributed by atoms with Gasteiger partial charge in [-0.05, 0) is 41.5 Å². The van der Waals surface area contributed by atoms with Gasteiger partial charge in [-0.1, -0.05) is 54.1 Å². The van der Waals surface area contributed by atoms with Gasteiger partial charge in [0.15, 0.2) is 0 Å². The summed E-state index contributed by atoms with van der Waals surface area (Å²) < 4.78 is 0. The van der Waals surface area contributed by atoms with E-state index < -0.39 is 0 Å². The molecule has 0 saturated carbocycles. The van der Waals surface area contributed by atoms with Crippen molar-refractivity contribution in [3.8, 4) is 5.75 Å². The van der Waals surface area contributed by atoms with Crippen LogP contribution < -0.4 is 5.32 Å². The molecule has 0 aliphatic heterocycles. The van der Waals surface area contributed by atoms with Crippen molar-refractivity contribution in [2.75, 3.05) is 5.32 Å². The SMILES string of the molecule is CC(Nc1ccc(O)c(Cl)c1)c1cccc2ccccc12. The molecule has 0 bridgehead atoms. The van der Waals surface area contributed by atoms with E-state index in [1.165, 1.54) is 16.3 Å². The number of hydrogen-bond donors (Lipinski definition) is 2. The van der Waals surface area contributed by atoms with Crippen molar-refractivity contribution in [3.63, 3.8) is 0 Å². The summed E-state index contributed by atoms with van der Waals surface area (Å²) in [5.41, 5.74) is 2.12. The van der Waals surface area contributed by atoms with Crippen LogP contribution in [0.25, 0.3) is 10.8 Å². The Morgan fingerprint density at radius 1 is 1.00 bits per heavy atom. The molecule has 0 spiro atoms. The van der Waals surface area contributed by atoms with E-state index in [-0.39, 0.29) is 11.8 Å². The number of nitrogens with one attached hydrogen (secondary N) is 1. The topological polar surface area (TPSA) is 32.3 Å². The number of aromatic hydroxyl groups is 1. The summed E-state index contributed by atoms with van der Waals surface area (Å²) in [6.45, 7) is 2.11. The van der Waals surface area contributed by atoms with Crippen LogP contribution in [0.3, 0.4) is 0 Å². The maximum absolute atomic E-state index is 9.48. The molecule has 2 nitrogen and oxygen atoms in total. The van der Waals surface area contributed by atoms with Gasteiger partial charge in [0, 0.05) is 11.7 Å². The first-order valence-electron chi connectivity index (χ1n) is 6.88. The molecule has 0 aliphatic carbocycles. The first kappa shape index (κ1) is 13.8. The fourth-order valence-corrected chi connectivity index (χ4v) is 2.73. The van der Waals surface area contributed by atoms with E-state index in [2.05, 4.69) is 48.6 Å². The first-order valence-corrected chi connectivity index (χ1v) is 7.25. The zero-order valence-corrected chi connectivity index (χ0v) is 12.4. The largest absolute Gasteiger partial charge is 0.506 e. The molecular formula is C18H16ClNO. The van der Waals surface area contributed by atoms with Crippen LogP contribution in [0, 0.1) is 0 Å². The average molecular weight is 298 g/mol. The minimum Gasteiger partial charge on any atom is -0.506 e. The Hall–Kier alpha value is -2.19. The highest BCUT2D eigenvalue weighted by Crippen LogP contribution is 2.30. The first-order chi connectivity index (χ1) is 10.1. The molecule has 0 amide bonds. The van der Waals surface area contributed by atoms with Crippen LogP contribution in [0.15, 0.2) is 60.7 Å². The number of phenolic OH excluding ortho intramolecular Hbond substituents is 1. The fourth-order valence-electron chi connectivity index (χ4n) is 2.55. The number of benzene rings is 3. The van der Waals surface area contributed by atoms with Gasteiger partial charge in [-0.3, -0.25) is 0 Å². The van der Waals surface area contributed by atoms with Gasteiger partial charge in [0.05, 0.1) is 5.02 Å². The summed E-state index contributed by atoms with van der Waals surface area (Å²) in [5.74, 6) is 0.0973. The lowest BCUT2D eigenvalue weighted by atomic mass is 9.99. The highest BCUT2D eigenvalue weighted by molar-refractivity contribution is 6.32. The molecule has 2 N–H and O–H groups in total. The molecule has 0 aromatic heterocycles. The van der Waals surface area contributed by atoms with Gasteiger partial charge < -0.3 is 10.4 Å². The van der Waals surface area contributed by atoms with Gasteiger partial charge in [0.2, 0.25) is 0 Å². The molecule has 106 valence electrons. The predicted octanol–water partition coefficient (Wildman–Crippen LogP) is 5.37. The maximum atomic E-state index is 9.48. The van der Waals surface area contributed by atoms with Gasteiger partial charge in [0.1, 0.15) is 5.75 Å². The number of fused-ring (bicyclic) bond motifs is 1. The molecule has 0 radical (unpaired) electrons. The van der Waals surface area contributed by atoms with Crippen LogP contribution in [-0.4, -0.2) is 5.11 Å². The highest BCUT2D eigenvalue weighted by Gasteiger charge is 2.09. The summed E-state index contributed by atoms with van der Waals surface area (Å²) in [5, 5.41) is 15.7. The van der Waals surface area contributed by atoms with Gasteiger partial charge >= 0.3 is 0 Å². The molecule has 21 heavy (non-hydrogen) atoms. The normalized spacial score (nSPS) is 12.3. The molecular weight excluding hydrogens is 282 g/mol. The van der Waals surface area contributed by atoms with E-state index >= 15 is 0 Å². The van der Waals surface area contributed by atoms with Gasteiger partial charge in [-0.15, -0.1) is 0 Å².